The van der Waals surface area contributed by atoms with Crippen LogP contribution in [0.3, 0.4) is 0 Å². The molecule has 1 rings (SSSR count). The average Bonchev–Trinajstić information content (AvgIpc) is 1.94. The van der Waals surface area contributed by atoms with E-state index in [1.54, 1.807) is 0 Å². The van der Waals surface area contributed by atoms with Crippen LogP contribution in [0.25, 0.3) is 0 Å². The first kappa shape index (κ1) is 9.44. The van der Waals surface area contributed by atoms with Gasteiger partial charge in [0.15, 0.2) is 0 Å². The van der Waals surface area contributed by atoms with Crippen LogP contribution in [-0.2, 0) is 0 Å². The van der Waals surface area contributed by atoms with Crippen LogP contribution in [0.5, 0.6) is 0 Å². The lowest BCUT2D eigenvalue weighted by molar-refractivity contribution is 0.564. The maximum Gasteiger partial charge on any atom is 0.0332 e. The van der Waals surface area contributed by atoms with Crippen molar-refractivity contribution in [3.8, 4) is 0 Å². The largest absolute Gasteiger partial charge is 0.0895 e. The van der Waals surface area contributed by atoms with Crippen LogP contribution >= 0.6 is 34.8 Å². The standard InChI is InChI=1S/C8H9Cl3/c1-5(9)6-2-3-7(10)8(11)4-6/h6H,1-4H2. The van der Waals surface area contributed by atoms with E-state index in [0.717, 1.165) is 29.3 Å². The van der Waals surface area contributed by atoms with Crippen molar-refractivity contribution in [3.63, 3.8) is 0 Å². The molecule has 0 saturated heterocycles. The third-order valence-electron chi connectivity index (χ3n) is 1.88. The molecule has 0 spiro atoms. The summed E-state index contributed by atoms with van der Waals surface area (Å²) in [5.41, 5.74) is 0. The Labute approximate surface area is 81.8 Å². The second-order valence-corrected chi connectivity index (χ2v) is 4.09. The van der Waals surface area contributed by atoms with E-state index in [1.165, 1.54) is 0 Å². The van der Waals surface area contributed by atoms with E-state index in [2.05, 4.69) is 6.58 Å². The number of halogens is 3. The molecule has 3 heteroatoms. The molecule has 0 radical (unpaired) electrons. The molecule has 0 heterocycles. The number of hydrogen-bond acceptors (Lipinski definition) is 0. The molecule has 0 fully saturated rings. The van der Waals surface area contributed by atoms with Gasteiger partial charge in [-0.15, -0.1) is 0 Å². The highest BCUT2D eigenvalue weighted by atomic mass is 35.5. The van der Waals surface area contributed by atoms with Gasteiger partial charge < -0.3 is 0 Å². The highest BCUT2D eigenvalue weighted by Crippen LogP contribution is 2.37. The Balaban J connectivity index is 2.64. The summed E-state index contributed by atoms with van der Waals surface area (Å²) in [5, 5.41) is 2.21. The molecular formula is C8H9Cl3. The second kappa shape index (κ2) is 3.84. The van der Waals surface area contributed by atoms with E-state index in [1.807, 2.05) is 0 Å². The van der Waals surface area contributed by atoms with Gasteiger partial charge in [0.05, 0.1) is 0 Å². The Hall–Kier alpha value is 0.350. The van der Waals surface area contributed by atoms with Gasteiger partial charge in [0, 0.05) is 15.1 Å². The van der Waals surface area contributed by atoms with Gasteiger partial charge in [0.25, 0.3) is 0 Å². The molecule has 62 valence electrons. The molecule has 0 N–H and O–H groups in total. The van der Waals surface area contributed by atoms with Crippen molar-refractivity contribution < 1.29 is 0 Å². The summed E-state index contributed by atoms with van der Waals surface area (Å²) < 4.78 is 0. The summed E-state index contributed by atoms with van der Waals surface area (Å²) >= 11 is 17.4. The Kier molecular flexibility index (Phi) is 3.29. The number of rotatable bonds is 1. The van der Waals surface area contributed by atoms with Gasteiger partial charge in [-0.1, -0.05) is 41.4 Å². The Morgan fingerprint density at radius 1 is 1.36 bits per heavy atom. The lowest BCUT2D eigenvalue weighted by Gasteiger charge is -2.20. The Bertz CT molecular complexity index is 205. The minimum Gasteiger partial charge on any atom is -0.0895 e. The minimum atomic E-state index is 0.312. The molecule has 1 aliphatic rings. The van der Waals surface area contributed by atoms with Crippen molar-refractivity contribution in [3.05, 3.63) is 21.7 Å². The third-order valence-corrected chi connectivity index (χ3v) is 3.08. The summed E-state index contributed by atoms with van der Waals surface area (Å²) in [6.45, 7) is 3.68. The smallest absolute Gasteiger partial charge is 0.0332 e. The second-order valence-electron chi connectivity index (χ2n) is 2.70. The van der Waals surface area contributed by atoms with Gasteiger partial charge >= 0.3 is 0 Å². The van der Waals surface area contributed by atoms with E-state index < -0.39 is 0 Å². The molecule has 1 aliphatic carbocycles. The molecule has 0 aromatic heterocycles. The van der Waals surface area contributed by atoms with E-state index >= 15 is 0 Å². The fourth-order valence-corrected chi connectivity index (χ4v) is 1.79. The van der Waals surface area contributed by atoms with E-state index in [9.17, 15) is 0 Å². The maximum absolute atomic E-state index is 5.85. The van der Waals surface area contributed by atoms with Crippen LogP contribution < -0.4 is 0 Å². The van der Waals surface area contributed by atoms with Gasteiger partial charge in [0.2, 0.25) is 0 Å². The monoisotopic (exact) mass is 210 g/mol. The molecular weight excluding hydrogens is 202 g/mol. The fourth-order valence-electron chi connectivity index (χ4n) is 1.13. The highest BCUT2D eigenvalue weighted by Gasteiger charge is 2.19. The number of hydrogen-bond donors (Lipinski definition) is 0. The first-order valence-corrected chi connectivity index (χ1v) is 4.62. The van der Waals surface area contributed by atoms with Crippen molar-refractivity contribution in [2.75, 3.05) is 0 Å². The van der Waals surface area contributed by atoms with Gasteiger partial charge in [-0.25, -0.2) is 0 Å². The van der Waals surface area contributed by atoms with Crippen LogP contribution in [0.2, 0.25) is 0 Å². The van der Waals surface area contributed by atoms with Gasteiger partial charge in [0.1, 0.15) is 0 Å². The average molecular weight is 212 g/mol. The fraction of sp³-hybridized carbons (Fsp3) is 0.500. The summed E-state index contributed by atoms with van der Waals surface area (Å²) in [7, 11) is 0. The first-order valence-electron chi connectivity index (χ1n) is 3.48. The Morgan fingerprint density at radius 3 is 2.45 bits per heavy atom. The van der Waals surface area contributed by atoms with Crippen LogP contribution in [-0.4, -0.2) is 0 Å². The molecule has 1 unspecified atom stereocenters. The summed E-state index contributed by atoms with van der Waals surface area (Å²) in [6.07, 6.45) is 2.55. The van der Waals surface area contributed by atoms with Crippen LogP contribution in [0.4, 0.5) is 0 Å². The molecule has 0 bridgehead atoms. The van der Waals surface area contributed by atoms with E-state index in [0.29, 0.717) is 11.0 Å². The molecule has 0 nitrogen and oxygen atoms in total. The molecule has 11 heavy (non-hydrogen) atoms. The normalized spacial score (nSPS) is 25.5. The van der Waals surface area contributed by atoms with Crippen molar-refractivity contribution >= 4 is 34.8 Å². The summed E-state index contributed by atoms with van der Waals surface area (Å²) in [6, 6.07) is 0. The number of allylic oxidation sites excluding steroid dienone is 3. The van der Waals surface area contributed by atoms with Crippen LogP contribution in [0.1, 0.15) is 19.3 Å². The molecule has 0 aromatic rings. The van der Waals surface area contributed by atoms with E-state index in [4.69, 9.17) is 34.8 Å². The lowest BCUT2D eigenvalue weighted by Crippen LogP contribution is -2.05. The van der Waals surface area contributed by atoms with Crippen molar-refractivity contribution in [2.45, 2.75) is 19.3 Å². The Morgan fingerprint density at radius 2 is 2.00 bits per heavy atom. The minimum absolute atomic E-state index is 0.312. The third kappa shape index (κ3) is 2.40. The predicted molar refractivity (Wildman–Crippen MR) is 51.1 cm³/mol. The van der Waals surface area contributed by atoms with Crippen LogP contribution in [0.15, 0.2) is 21.7 Å². The van der Waals surface area contributed by atoms with Gasteiger partial charge in [-0.2, -0.15) is 0 Å². The zero-order valence-electron chi connectivity index (χ0n) is 6.04. The van der Waals surface area contributed by atoms with Crippen molar-refractivity contribution in [2.24, 2.45) is 5.92 Å². The predicted octanol–water partition coefficient (Wildman–Crippen LogP) is 4.23. The van der Waals surface area contributed by atoms with Crippen LogP contribution in [0, 0.1) is 5.92 Å². The first-order chi connectivity index (χ1) is 5.11. The van der Waals surface area contributed by atoms with Crippen molar-refractivity contribution in [1.29, 1.82) is 0 Å². The summed E-state index contributed by atoms with van der Waals surface area (Å²) in [4.78, 5) is 0. The molecule has 0 amide bonds. The maximum atomic E-state index is 5.85. The molecule has 0 aromatic carbocycles. The topological polar surface area (TPSA) is 0 Å². The van der Waals surface area contributed by atoms with E-state index in [-0.39, 0.29) is 0 Å². The SMILES string of the molecule is C=C(Cl)C1CCC(Cl)=C(Cl)C1. The lowest BCUT2D eigenvalue weighted by atomic mass is 9.94. The quantitative estimate of drug-likeness (QED) is 0.609. The molecule has 0 saturated carbocycles. The highest BCUT2D eigenvalue weighted by molar-refractivity contribution is 6.39. The summed E-state index contributed by atoms with van der Waals surface area (Å²) in [5.74, 6) is 0.312. The zero-order chi connectivity index (χ0) is 8.43. The molecule has 0 aliphatic heterocycles. The van der Waals surface area contributed by atoms with Gasteiger partial charge in [-0.05, 0) is 25.2 Å². The van der Waals surface area contributed by atoms with Gasteiger partial charge in [-0.3, -0.25) is 0 Å². The van der Waals surface area contributed by atoms with Crippen molar-refractivity contribution in [1.82, 2.24) is 0 Å². The molecule has 1 atom stereocenters. The zero-order valence-corrected chi connectivity index (χ0v) is 8.31.